The maximum atomic E-state index is 12.8. The number of aryl methyl sites for hydroxylation is 1. The monoisotopic (exact) mass is 391 g/mol. The van der Waals surface area contributed by atoms with E-state index in [-0.39, 0.29) is 27.5 Å². The predicted octanol–water partition coefficient (Wildman–Crippen LogP) is 2.69. The number of benzene rings is 1. The van der Waals surface area contributed by atoms with E-state index in [2.05, 4.69) is 9.97 Å². The van der Waals surface area contributed by atoms with E-state index < -0.39 is 17.5 Å². The molecule has 0 bridgehead atoms. The van der Waals surface area contributed by atoms with Crippen molar-refractivity contribution < 1.29 is 19.4 Å². The predicted molar refractivity (Wildman–Crippen MR) is 98.1 cm³/mol. The number of thiazole rings is 1. The highest BCUT2D eigenvalue weighted by atomic mass is 32.1. The van der Waals surface area contributed by atoms with E-state index in [9.17, 15) is 14.4 Å². The molecule has 0 saturated heterocycles. The van der Waals surface area contributed by atoms with Crippen LogP contribution in [0.15, 0.2) is 23.0 Å². The number of nitrogens with one attached hydrogen (secondary N) is 1. The number of carbonyl (C=O) groups excluding carboxylic acids is 1. The van der Waals surface area contributed by atoms with Crippen LogP contribution in [0.5, 0.6) is 0 Å². The lowest BCUT2D eigenvalue weighted by Gasteiger charge is -2.05. The summed E-state index contributed by atoms with van der Waals surface area (Å²) >= 11 is 6.24. The van der Waals surface area contributed by atoms with E-state index in [0.717, 1.165) is 11.3 Å². The van der Waals surface area contributed by atoms with Crippen molar-refractivity contribution in [3.05, 3.63) is 49.5 Å². The van der Waals surface area contributed by atoms with Gasteiger partial charge in [-0.3, -0.25) is 4.79 Å². The lowest BCUT2D eigenvalue weighted by Crippen LogP contribution is -2.20. The number of hydrogen-bond donors (Lipinski definition) is 2. The third-order valence-corrected chi connectivity index (χ3v) is 4.99. The third kappa shape index (κ3) is 3.04. The standard InChI is InChI=1S/C16H13N3O5S2/c1-3-24-14(23)11-7(2)17-16(26-11)19-12(20)9-5-4-8(13(21)22)6-10(9)18-15(19)25/h4-6H,3H2,1-2H3,(H,18,25)(H,21,22). The van der Waals surface area contributed by atoms with Gasteiger partial charge in [-0.05, 0) is 44.3 Å². The Bertz CT molecular complexity index is 1160. The second-order valence-corrected chi connectivity index (χ2v) is 6.63. The van der Waals surface area contributed by atoms with Gasteiger partial charge in [-0.1, -0.05) is 11.3 Å². The first kappa shape index (κ1) is 18.0. The summed E-state index contributed by atoms with van der Waals surface area (Å²) < 4.78 is 6.21. The zero-order valence-electron chi connectivity index (χ0n) is 13.7. The molecule has 8 nitrogen and oxygen atoms in total. The number of aromatic carboxylic acids is 1. The van der Waals surface area contributed by atoms with E-state index in [4.69, 9.17) is 22.1 Å². The van der Waals surface area contributed by atoms with Crippen molar-refractivity contribution in [3.63, 3.8) is 0 Å². The largest absolute Gasteiger partial charge is 0.478 e. The van der Waals surface area contributed by atoms with Gasteiger partial charge in [0.2, 0.25) is 0 Å². The highest BCUT2D eigenvalue weighted by molar-refractivity contribution is 7.71. The molecular formula is C16H13N3O5S2. The van der Waals surface area contributed by atoms with Crippen LogP contribution in [-0.2, 0) is 4.74 Å². The molecule has 2 N–H and O–H groups in total. The molecule has 0 spiro atoms. The fourth-order valence-corrected chi connectivity index (χ4v) is 3.69. The van der Waals surface area contributed by atoms with Gasteiger partial charge in [0.1, 0.15) is 4.88 Å². The van der Waals surface area contributed by atoms with Crippen LogP contribution in [0.4, 0.5) is 0 Å². The van der Waals surface area contributed by atoms with Gasteiger partial charge in [0.25, 0.3) is 5.56 Å². The lowest BCUT2D eigenvalue weighted by molar-refractivity contribution is 0.0530. The minimum atomic E-state index is -1.11. The van der Waals surface area contributed by atoms with Gasteiger partial charge in [-0.2, -0.15) is 0 Å². The molecule has 3 aromatic rings. The van der Waals surface area contributed by atoms with E-state index in [0.29, 0.717) is 16.1 Å². The van der Waals surface area contributed by atoms with Gasteiger partial charge in [0, 0.05) is 0 Å². The second-order valence-electron chi connectivity index (χ2n) is 5.27. The summed E-state index contributed by atoms with van der Waals surface area (Å²) in [5.41, 5.74) is 0.334. The Labute approximate surface area is 155 Å². The Balaban J connectivity index is 2.21. The molecule has 0 radical (unpaired) electrons. The molecule has 0 saturated carbocycles. The minimum Gasteiger partial charge on any atom is -0.478 e. The van der Waals surface area contributed by atoms with Crippen LogP contribution in [-0.4, -0.2) is 38.2 Å². The summed E-state index contributed by atoms with van der Waals surface area (Å²) in [4.78, 5) is 43.3. The normalized spacial score (nSPS) is 10.8. The Morgan fingerprint density at radius 2 is 2.15 bits per heavy atom. The third-order valence-electron chi connectivity index (χ3n) is 3.58. The van der Waals surface area contributed by atoms with E-state index in [1.54, 1.807) is 13.8 Å². The molecule has 0 aliphatic heterocycles. The van der Waals surface area contributed by atoms with Crippen molar-refractivity contribution in [2.45, 2.75) is 13.8 Å². The molecule has 26 heavy (non-hydrogen) atoms. The number of H-pyrrole nitrogens is 1. The first-order valence-electron chi connectivity index (χ1n) is 7.50. The number of carboxylic acids is 1. The maximum absolute atomic E-state index is 12.8. The Morgan fingerprint density at radius 3 is 2.81 bits per heavy atom. The Hall–Kier alpha value is -2.85. The number of fused-ring (bicyclic) bond motifs is 1. The van der Waals surface area contributed by atoms with Crippen LogP contribution in [0, 0.1) is 11.7 Å². The smallest absolute Gasteiger partial charge is 0.350 e. The Morgan fingerprint density at radius 1 is 1.42 bits per heavy atom. The average molecular weight is 391 g/mol. The van der Waals surface area contributed by atoms with Gasteiger partial charge in [0.15, 0.2) is 9.90 Å². The molecular weight excluding hydrogens is 378 g/mol. The minimum absolute atomic E-state index is 0.0370. The summed E-state index contributed by atoms with van der Waals surface area (Å²) in [7, 11) is 0. The van der Waals surface area contributed by atoms with Crippen LogP contribution >= 0.6 is 23.6 Å². The van der Waals surface area contributed by atoms with Crippen LogP contribution in [0.1, 0.15) is 32.6 Å². The van der Waals surface area contributed by atoms with Gasteiger partial charge >= 0.3 is 11.9 Å². The molecule has 10 heteroatoms. The van der Waals surface area contributed by atoms with Crippen LogP contribution in [0.2, 0.25) is 0 Å². The first-order valence-corrected chi connectivity index (χ1v) is 8.73. The van der Waals surface area contributed by atoms with Crippen LogP contribution in [0.25, 0.3) is 16.0 Å². The SMILES string of the molecule is CCOC(=O)c1sc(-n2c(=S)[nH]c3cc(C(=O)O)ccc3c2=O)nc1C. The number of rotatable bonds is 4. The van der Waals surface area contributed by atoms with Gasteiger partial charge < -0.3 is 14.8 Å². The lowest BCUT2D eigenvalue weighted by atomic mass is 10.1. The summed E-state index contributed by atoms with van der Waals surface area (Å²) in [6, 6.07) is 4.09. The number of aromatic amines is 1. The number of esters is 1. The van der Waals surface area contributed by atoms with Crippen molar-refractivity contribution in [2.75, 3.05) is 6.61 Å². The van der Waals surface area contributed by atoms with E-state index in [1.807, 2.05) is 0 Å². The summed E-state index contributed by atoms with van der Waals surface area (Å²) in [6.45, 7) is 3.57. The molecule has 0 fully saturated rings. The molecule has 2 heterocycles. The van der Waals surface area contributed by atoms with Crippen molar-refractivity contribution in [3.8, 4) is 5.13 Å². The maximum Gasteiger partial charge on any atom is 0.350 e. The highest BCUT2D eigenvalue weighted by Gasteiger charge is 2.19. The van der Waals surface area contributed by atoms with Crippen molar-refractivity contribution >= 4 is 46.4 Å². The number of nitrogens with zero attached hydrogens (tertiary/aromatic N) is 2. The average Bonchev–Trinajstić information content (AvgIpc) is 2.96. The molecule has 0 atom stereocenters. The molecule has 2 aromatic heterocycles. The fourth-order valence-electron chi connectivity index (χ4n) is 2.39. The molecule has 0 aliphatic rings. The fraction of sp³-hybridized carbons (Fsp3) is 0.188. The summed E-state index contributed by atoms with van der Waals surface area (Å²) in [6.07, 6.45) is 0. The number of ether oxygens (including phenoxy) is 1. The molecule has 1 aromatic carbocycles. The molecule has 0 aliphatic carbocycles. The highest BCUT2D eigenvalue weighted by Crippen LogP contribution is 2.22. The van der Waals surface area contributed by atoms with Crippen molar-refractivity contribution in [2.24, 2.45) is 0 Å². The zero-order valence-corrected chi connectivity index (χ0v) is 15.4. The number of aromatic nitrogens is 3. The van der Waals surface area contributed by atoms with E-state index >= 15 is 0 Å². The zero-order chi connectivity index (χ0) is 19.0. The summed E-state index contributed by atoms with van der Waals surface area (Å²) in [5.74, 6) is -1.62. The number of carboxylic acid groups (broad SMARTS) is 1. The topological polar surface area (TPSA) is 114 Å². The molecule has 0 unspecified atom stereocenters. The van der Waals surface area contributed by atoms with E-state index in [1.165, 1.54) is 22.8 Å². The van der Waals surface area contributed by atoms with Gasteiger partial charge in [-0.25, -0.2) is 19.1 Å². The van der Waals surface area contributed by atoms with Crippen LogP contribution < -0.4 is 5.56 Å². The van der Waals surface area contributed by atoms with Crippen molar-refractivity contribution in [1.82, 2.24) is 14.5 Å². The van der Waals surface area contributed by atoms with Gasteiger partial charge in [-0.15, -0.1) is 0 Å². The first-order chi connectivity index (χ1) is 12.3. The Kier molecular flexibility index (Phi) is 4.70. The number of carbonyl (C=O) groups is 2. The quantitative estimate of drug-likeness (QED) is 0.519. The van der Waals surface area contributed by atoms with Crippen LogP contribution in [0.3, 0.4) is 0 Å². The van der Waals surface area contributed by atoms with Crippen molar-refractivity contribution in [1.29, 1.82) is 0 Å². The molecule has 134 valence electrons. The number of hydrogen-bond acceptors (Lipinski definition) is 7. The summed E-state index contributed by atoms with van der Waals surface area (Å²) in [5, 5.41) is 9.56. The van der Waals surface area contributed by atoms with Gasteiger partial charge in [0.05, 0.1) is 28.8 Å². The molecule has 0 amide bonds. The molecule has 3 rings (SSSR count). The second kappa shape index (κ2) is 6.81.